The molecule has 6 heteroatoms. The molecule has 2 N–H and O–H groups in total. The molecule has 1 fully saturated rings. The van der Waals surface area contributed by atoms with Gasteiger partial charge in [0.1, 0.15) is 0 Å². The summed E-state index contributed by atoms with van der Waals surface area (Å²) in [5.74, 6) is 1.44. The third-order valence-corrected chi connectivity index (χ3v) is 7.04. The molecular weight excluding hydrogens is 386 g/mol. The molecule has 1 aromatic heterocycles. The van der Waals surface area contributed by atoms with Gasteiger partial charge in [-0.25, -0.2) is 9.97 Å². The number of allylic oxidation sites excluding steroid dienone is 1. The minimum absolute atomic E-state index is 0. The first-order valence-corrected chi connectivity index (χ1v) is 11.3. The number of nitrogens with one attached hydrogen (secondary N) is 2. The smallest absolute Gasteiger partial charge is 0.251 e. The molecule has 2 aliphatic heterocycles. The average molecular weight is 422 g/mol. The van der Waals surface area contributed by atoms with Gasteiger partial charge in [-0.05, 0) is 67.7 Å². The number of amides is 1. The largest absolute Gasteiger partial charge is 0.354 e. The fourth-order valence-corrected chi connectivity index (χ4v) is 4.93. The van der Waals surface area contributed by atoms with E-state index >= 15 is 0 Å². The van der Waals surface area contributed by atoms with Crippen LogP contribution in [-0.4, -0.2) is 54.0 Å². The highest BCUT2D eigenvalue weighted by Gasteiger charge is 2.32. The van der Waals surface area contributed by atoms with Gasteiger partial charge >= 0.3 is 0 Å². The molecule has 166 valence electrons. The standard InChI is InChI=1S/C25H31N5O.2H2/c1-25(2)15-28-23(31)19-5-4-17(12-21(19)25)18-6-7-22-20(18)14-27-24(29-22)26-13-16-8-10-30(3)11-9-16;;/h4-6,12,14,16H,7-11,13,15H2,1-3H3,(H,28,31)(H,26,27,29);2*1H. The van der Waals surface area contributed by atoms with E-state index in [0.29, 0.717) is 12.5 Å². The summed E-state index contributed by atoms with van der Waals surface area (Å²) >= 11 is 0. The van der Waals surface area contributed by atoms with Gasteiger partial charge in [0, 0.05) is 45.1 Å². The lowest BCUT2D eigenvalue weighted by atomic mass is 9.77. The number of aromatic nitrogens is 2. The molecular formula is C25H35N5O. The summed E-state index contributed by atoms with van der Waals surface area (Å²) in [6.07, 6.45) is 7.46. The number of fused-ring (bicyclic) bond motifs is 2. The van der Waals surface area contributed by atoms with Crippen LogP contribution in [0.15, 0.2) is 30.5 Å². The van der Waals surface area contributed by atoms with E-state index in [4.69, 9.17) is 4.98 Å². The number of hydrogen-bond acceptors (Lipinski definition) is 5. The van der Waals surface area contributed by atoms with Crippen molar-refractivity contribution in [1.29, 1.82) is 0 Å². The number of benzene rings is 1. The maximum atomic E-state index is 12.3. The maximum Gasteiger partial charge on any atom is 0.251 e. The number of rotatable bonds is 4. The lowest BCUT2D eigenvalue weighted by Gasteiger charge is -2.33. The highest BCUT2D eigenvalue weighted by Crippen LogP contribution is 2.36. The van der Waals surface area contributed by atoms with Crippen molar-refractivity contribution in [3.63, 3.8) is 0 Å². The summed E-state index contributed by atoms with van der Waals surface area (Å²) in [6.45, 7) is 8.30. The monoisotopic (exact) mass is 421 g/mol. The lowest BCUT2D eigenvalue weighted by Crippen LogP contribution is -2.43. The molecule has 0 saturated carbocycles. The van der Waals surface area contributed by atoms with Gasteiger partial charge in [0.25, 0.3) is 5.91 Å². The van der Waals surface area contributed by atoms with Crippen LogP contribution in [-0.2, 0) is 11.8 Å². The van der Waals surface area contributed by atoms with Gasteiger partial charge < -0.3 is 15.5 Å². The molecule has 1 aromatic carbocycles. The molecule has 5 rings (SSSR count). The zero-order valence-corrected chi connectivity index (χ0v) is 18.7. The second-order valence-corrected chi connectivity index (χ2v) is 9.83. The molecule has 2 aromatic rings. The fourth-order valence-electron chi connectivity index (χ4n) is 4.93. The summed E-state index contributed by atoms with van der Waals surface area (Å²) in [7, 11) is 2.19. The van der Waals surface area contributed by atoms with Crippen molar-refractivity contribution in [2.45, 2.75) is 38.5 Å². The molecule has 0 atom stereocenters. The number of nitrogens with zero attached hydrogens (tertiary/aromatic N) is 3. The van der Waals surface area contributed by atoms with Gasteiger partial charge in [-0.2, -0.15) is 0 Å². The van der Waals surface area contributed by atoms with Gasteiger partial charge in [-0.3, -0.25) is 4.79 Å². The van der Waals surface area contributed by atoms with E-state index in [1.807, 2.05) is 18.3 Å². The summed E-state index contributed by atoms with van der Waals surface area (Å²) in [5, 5.41) is 6.46. The Morgan fingerprint density at radius 3 is 2.87 bits per heavy atom. The summed E-state index contributed by atoms with van der Waals surface area (Å²) in [4.78, 5) is 24.1. The van der Waals surface area contributed by atoms with E-state index in [1.165, 1.54) is 31.5 Å². The van der Waals surface area contributed by atoms with E-state index in [9.17, 15) is 4.79 Å². The highest BCUT2D eigenvalue weighted by atomic mass is 16.1. The molecule has 3 aliphatic rings. The van der Waals surface area contributed by atoms with Crippen LogP contribution in [0.25, 0.3) is 5.57 Å². The van der Waals surface area contributed by atoms with Crippen molar-refractivity contribution >= 4 is 17.4 Å². The Balaban J connectivity index is 0.00000153. The number of carbonyl (C=O) groups excluding carboxylic acids is 1. The first kappa shape index (κ1) is 20.2. The quantitative estimate of drug-likeness (QED) is 0.787. The predicted molar refractivity (Wildman–Crippen MR) is 128 cm³/mol. The van der Waals surface area contributed by atoms with Crippen molar-refractivity contribution in [3.05, 3.63) is 58.4 Å². The molecule has 6 nitrogen and oxygen atoms in total. The fraction of sp³-hybridized carbons (Fsp3) is 0.480. The molecule has 1 amide bonds. The van der Waals surface area contributed by atoms with Crippen molar-refractivity contribution in [1.82, 2.24) is 20.2 Å². The second-order valence-electron chi connectivity index (χ2n) is 9.83. The van der Waals surface area contributed by atoms with Gasteiger partial charge in [0.05, 0.1) is 5.69 Å². The Labute approximate surface area is 187 Å². The Kier molecular flexibility index (Phi) is 5.05. The normalized spacial score (nSPS) is 20.6. The zero-order chi connectivity index (χ0) is 21.6. The minimum atomic E-state index is -0.0839. The number of piperidine rings is 1. The second kappa shape index (κ2) is 7.75. The van der Waals surface area contributed by atoms with Crippen LogP contribution in [0.5, 0.6) is 0 Å². The van der Waals surface area contributed by atoms with E-state index in [0.717, 1.165) is 46.9 Å². The van der Waals surface area contributed by atoms with Crippen molar-refractivity contribution in [2.75, 3.05) is 38.5 Å². The van der Waals surface area contributed by atoms with Gasteiger partial charge in [-0.1, -0.05) is 26.0 Å². The van der Waals surface area contributed by atoms with E-state index in [1.54, 1.807) is 0 Å². The van der Waals surface area contributed by atoms with Crippen LogP contribution in [0, 0.1) is 5.92 Å². The predicted octanol–water partition coefficient (Wildman–Crippen LogP) is 3.73. The van der Waals surface area contributed by atoms with Crippen LogP contribution in [0.4, 0.5) is 5.95 Å². The molecule has 1 aliphatic carbocycles. The highest BCUT2D eigenvalue weighted by molar-refractivity contribution is 5.98. The molecule has 31 heavy (non-hydrogen) atoms. The molecule has 0 radical (unpaired) electrons. The molecule has 0 unspecified atom stereocenters. The van der Waals surface area contributed by atoms with E-state index in [2.05, 4.69) is 53.6 Å². The van der Waals surface area contributed by atoms with Crippen molar-refractivity contribution in [3.8, 4) is 0 Å². The first-order valence-electron chi connectivity index (χ1n) is 11.3. The van der Waals surface area contributed by atoms with Crippen LogP contribution < -0.4 is 10.6 Å². The van der Waals surface area contributed by atoms with Crippen molar-refractivity contribution < 1.29 is 7.65 Å². The molecule has 1 saturated heterocycles. The van der Waals surface area contributed by atoms with Crippen LogP contribution in [0.2, 0.25) is 0 Å². The Bertz CT molecular complexity index is 1060. The number of likely N-dealkylation sites (tertiary alicyclic amines) is 1. The first-order chi connectivity index (χ1) is 14.9. The molecule has 0 spiro atoms. The van der Waals surface area contributed by atoms with Crippen LogP contribution >= 0.6 is 0 Å². The molecule has 0 bridgehead atoms. The van der Waals surface area contributed by atoms with Crippen LogP contribution in [0.1, 0.15) is 62.3 Å². The van der Waals surface area contributed by atoms with Gasteiger partial charge in [0.15, 0.2) is 0 Å². The van der Waals surface area contributed by atoms with Crippen molar-refractivity contribution in [2.24, 2.45) is 5.92 Å². The number of hydrogen-bond donors (Lipinski definition) is 2. The number of anilines is 1. The SMILES string of the molecule is CN1CCC(CNc2ncc3c(n2)CC=C3c2ccc3c(c2)C(C)(C)CNC3=O)CC1.[HH].[HH]. The average Bonchev–Trinajstić information content (AvgIpc) is 3.19. The van der Waals surface area contributed by atoms with Gasteiger partial charge in [0.2, 0.25) is 5.95 Å². The Hall–Kier alpha value is -2.73. The van der Waals surface area contributed by atoms with Crippen LogP contribution in [0.3, 0.4) is 0 Å². The topological polar surface area (TPSA) is 70.2 Å². The van der Waals surface area contributed by atoms with E-state index in [-0.39, 0.29) is 14.2 Å². The molecule has 3 heterocycles. The minimum Gasteiger partial charge on any atom is -0.354 e. The third-order valence-electron chi connectivity index (χ3n) is 7.04. The van der Waals surface area contributed by atoms with Gasteiger partial charge in [-0.15, -0.1) is 0 Å². The summed E-state index contributed by atoms with van der Waals surface area (Å²) in [5.41, 5.74) is 6.29. The van der Waals surface area contributed by atoms with E-state index < -0.39 is 0 Å². The maximum absolute atomic E-state index is 12.3. The summed E-state index contributed by atoms with van der Waals surface area (Å²) < 4.78 is 0. The third kappa shape index (κ3) is 3.85. The zero-order valence-electron chi connectivity index (χ0n) is 18.7. The Morgan fingerprint density at radius 2 is 2.06 bits per heavy atom. The number of carbonyl (C=O) groups is 1. The summed E-state index contributed by atoms with van der Waals surface area (Å²) in [6, 6.07) is 6.19. The Morgan fingerprint density at radius 1 is 1.26 bits per heavy atom. The lowest BCUT2D eigenvalue weighted by molar-refractivity contribution is 0.0930.